The molecule has 0 spiro atoms. The number of nitro benzene ring substituents is 1. The van der Waals surface area contributed by atoms with Crippen LogP contribution in [0.25, 0.3) is 0 Å². The summed E-state index contributed by atoms with van der Waals surface area (Å²) in [5, 5.41) is 11.2. The highest BCUT2D eigenvalue weighted by Crippen LogP contribution is 2.26. The van der Waals surface area contributed by atoms with Gasteiger partial charge in [-0.2, -0.15) is 0 Å². The molecule has 0 aromatic heterocycles. The van der Waals surface area contributed by atoms with Gasteiger partial charge in [0.25, 0.3) is 5.69 Å². The molecule has 106 valence electrons. The third-order valence-corrected chi connectivity index (χ3v) is 4.15. The maximum absolute atomic E-state index is 11.1. The summed E-state index contributed by atoms with van der Waals surface area (Å²) in [6.07, 6.45) is 1.18. The summed E-state index contributed by atoms with van der Waals surface area (Å²) >= 11 is 3.28. The number of anilines is 1. The van der Waals surface area contributed by atoms with Gasteiger partial charge in [-0.1, -0.05) is 15.9 Å². The fourth-order valence-electron chi connectivity index (χ4n) is 1.59. The van der Waals surface area contributed by atoms with E-state index in [4.69, 9.17) is 0 Å². The van der Waals surface area contributed by atoms with Crippen molar-refractivity contribution in [2.75, 3.05) is 30.5 Å². The number of benzene rings is 1. The van der Waals surface area contributed by atoms with E-state index in [-0.39, 0.29) is 11.4 Å². The van der Waals surface area contributed by atoms with Crippen LogP contribution in [0.15, 0.2) is 18.2 Å². The van der Waals surface area contributed by atoms with Crippen LogP contribution in [0.2, 0.25) is 0 Å². The van der Waals surface area contributed by atoms with Crippen LogP contribution in [0.4, 0.5) is 11.4 Å². The van der Waals surface area contributed by atoms with Crippen LogP contribution in [0.5, 0.6) is 0 Å². The highest BCUT2D eigenvalue weighted by Gasteiger charge is 2.14. The van der Waals surface area contributed by atoms with Gasteiger partial charge in [0.2, 0.25) is 0 Å². The van der Waals surface area contributed by atoms with Crippen LogP contribution in [-0.4, -0.2) is 38.9 Å². The molecule has 6 nitrogen and oxygen atoms in total. The van der Waals surface area contributed by atoms with Crippen LogP contribution >= 0.6 is 15.9 Å². The summed E-state index contributed by atoms with van der Waals surface area (Å²) in [4.78, 5) is 12.0. The molecule has 1 aromatic carbocycles. The van der Waals surface area contributed by atoms with Gasteiger partial charge in [0.1, 0.15) is 9.84 Å². The van der Waals surface area contributed by atoms with Gasteiger partial charge >= 0.3 is 0 Å². The molecule has 0 saturated heterocycles. The number of alkyl halides is 1. The zero-order chi connectivity index (χ0) is 14.6. The normalized spacial score (nSPS) is 11.3. The Bertz CT molecular complexity index is 574. The topological polar surface area (TPSA) is 80.5 Å². The molecule has 0 amide bonds. The summed E-state index contributed by atoms with van der Waals surface area (Å²) in [5.41, 5.74) is 1.56. The number of hydrogen-bond donors (Lipinski definition) is 0. The van der Waals surface area contributed by atoms with Crippen molar-refractivity contribution in [3.63, 3.8) is 0 Å². The fourth-order valence-corrected chi connectivity index (χ4v) is 2.64. The molecule has 0 fully saturated rings. The number of sulfone groups is 1. The van der Waals surface area contributed by atoms with E-state index in [0.717, 1.165) is 11.3 Å². The van der Waals surface area contributed by atoms with Gasteiger partial charge in [0, 0.05) is 43.0 Å². The van der Waals surface area contributed by atoms with Crippen molar-refractivity contribution < 1.29 is 13.3 Å². The maximum atomic E-state index is 11.1. The molecule has 19 heavy (non-hydrogen) atoms. The summed E-state index contributed by atoms with van der Waals surface area (Å²) in [6, 6.07) is 4.54. The summed E-state index contributed by atoms with van der Waals surface area (Å²) in [5.74, 6) is 0.0439. The number of nitro groups is 1. The first kappa shape index (κ1) is 15.9. The number of halogens is 1. The van der Waals surface area contributed by atoms with Gasteiger partial charge in [0.15, 0.2) is 0 Å². The van der Waals surface area contributed by atoms with Crippen molar-refractivity contribution in [3.8, 4) is 0 Å². The third-order valence-electron chi connectivity index (χ3n) is 2.63. The van der Waals surface area contributed by atoms with Crippen molar-refractivity contribution >= 4 is 37.1 Å². The Labute approximate surface area is 120 Å². The molecular formula is C11H15BrN2O4S. The number of non-ortho nitro benzene ring substituents is 1. The van der Waals surface area contributed by atoms with Crippen LogP contribution < -0.4 is 4.90 Å². The number of hydrogen-bond acceptors (Lipinski definition) is 5. The van der Waals surface area contributed by atoms with E-state index in [1.54, 1.807) is 18.0 Å². The standard InChI is InChI=1S/C11H15BrN2O4S/c1-13(5-6-19(2,17)18)11-4-3-10(14(15)16)7-9(11)8-12/h3-4,7H,5-6,8H2,1-2H3. The lowest BCUT2D eigenvalue weighted by Crippen LogP contribution is -2.25. The van der Waals surface area contributed by atoms with E-state index in [2.05, 4.69) is 15.9 Å². The van der Waals surface area contributed by atoms with E-state index in [0.29, 0.717) is 11.9 Å². The predicted molar refractivity (Wildman–Crippen MR) is 78.7 cm³/mol. The molecule has 0 atom stereocenters. The van der Waals surface area contributed by atoms with Crippen molar-refractivity contribution in [2.24, 2.45) is 0 Å². The predicted octanol–water partition coefficient (Wildman–Crippen LogP) is 1.97. The van der Waals surface area contributed by atoms with Gasteiger partial charge < -0.3 is 4.90 Å². The summed E-state index contributed by atoms with van der Waals surface area (Å²) < 4.78 is 22.3. The van der Waals surface area contributed by atoms with Crippen molar-refractivity contribution in [1.82, 2.24) is 0 Å². The minimum atomic E-state index is -3.03. The Hall–Kier alpha value is -1.15. The van der Waals surface area contributed by atoms with E-state index in [1.165, 1.54) is 18.4 Å². The molecule has 0 radical (unpaired) electrons. The maximum Gasteiger partial charge on any atom is 0.269 e. The van der Waals surface area contributed by atoms with Crippen LogP contribution in [0, 0.1) is 10.1 Å². The fraction of sp³-hybridized carbons (Fsp3) is 0.455. The van der Waals surface area contributed by atoms with Gasteiger partial charge in [-0.3, -0.25) is 10.1 Å². The molecule has 0 saturated carbocycles. The molecule has 8 heteroatoms. The second-order valence-electron chi connectivity index (χ2n) is 4.26. The second kappa shape index (κ2) is 6.33. The Morgan fingerprint density at radius 3 is 2.53 bits per heavy atom. The molecule has 0 N–H and O–H groups in total. The minimum absolute atomic E-state index is 0.0229. The van der Waals surface area contributed by atoms with Crippen molar-refractivity contribution in [3.05, 3.63) is 33.9 Å². The average Bonchev–Trinajstić information content (AvgIpc) is 2.34. The summed E-state index contributed by atoms with van der Waals surface area (Å²) in [6.45, 7) is 0.344. The molecule has 0 unspecified atom stereocenters. The minimum Gasteiger partial charge on any atom is -0.373 e. The van der Waals surface area contributed by atoms with E-state index >= 15 is 0 Å². The highest BCUT2D eigenvalue weighted by atomic mass is 79.9. The van der Waals surface area contributed by atoms with Crippen LogP contribution in [0.1, 0.15) is 5.56 Å². The van der Waals surface area contributed by atoms with Crippen molar-refractivity contribution in [1.29, 1.82) is 0 Å². The number of rotatable bonds is 6. The molecule has 1 rings (SSSR count). The third kappa shape index (κ3) is 4.79. The zero-order valence-corrected chi connectivity index (χ0v) is 13.1. The molecule has 1 aromatic rings. The lowest BCUT2D eigenvalue weighted by atomic mass is 10.1. The lowest BCUT2D eigenvalue weighted by molar-refractivity contribution is -0.384. The van der Waals surface area contributed by atoms with Crippen molar-refractivity contribution in [2.45, 2.75) is 5.33 Å². The summed E-state index contributed by atoms with van der Waals surface area (Å²) in [7, 11) is -1.27. The molecule has 0 heterocycles. The van der Waals surface area contributed by atoms with Gasteiger partial charge in [-0.25, -0.2) is 8.42 Å². The SMILES string of the molecule is CN(CCS(C)(=O)=O)c1ccc([N+](=O)[O-])cc1CBr. The quantitative estimate of drug-likeness (QED) is 0.445. The lowest BCUT2D eigenvalue weighted by Gasteiger charge is -2.21. The average molecular weight is 351 g/mol. The molecular weight excluding hydrogens is 336 g/mol. The van der Waals surface area contributed by atoms with Crippen LogP contribution in [0.3, 0.4) is 0 Å². The Kier molecular flexibility index (Phi) is 5.30. The zero-order valence-electron chi connectivity index (χ0n) is 10.7. The van der Waals surface area contributed by atoms with Crippen LogP contribution in [-0.2, 0) is 15.2 Å². The first-order valence-electron chi connectivity index (χ1n) is 5.46. The van der Waals surface area contributed by atoms with E-state index in [1.807, 2.05) is 0 Å². The van der Waals surface area contributed by atoms with Gasteiger partial charge in [-0.05, 0) is 11.6 Å². The molecule has 0 aliphatic carbocycles. The second-order valence-corrected chi connectivity index (χ2v) is 7.08. The van der Waals surface area contributed by atoms with Gasteiger partial charge in [0.05, 0.1) is 10.7 Å². The largest absolute Gasteiger partial charge is 0.373 e. The molecule has 0 bridgehead atoms. The number of nitrogens with zero attached hydrogens (tertiary/aromatic N) is 2. The Balaban J connectivity index is 2.96. The Morgan fingerprint density at radius 2 is 2.05 bits per heavy atom. The Morgan fingerprint density at radius 1 is 1.42 bits per heavy atom. The molecule has 0 aliphatic rings. The van der Waals surface area contributed by atoms with Gasteiger partial charge in [-0.15, -0.1) is 0 Å². The molecule has 0 aliphatic heterocycles. The van der Waals surface area contributed by atoms with E-state index in [9.17, 15) is 18.5 Å². The first-order chi connectivity index (χ1) is 8.74. The monoisotopic (exact) mass is 350 g/mol. The first-order valence-corrected chi connectivity index (χ1v) is 8.65. The van der Waals surface area contributed by atoms with E-state index < -0.39 is 14.8 Å². The highest BCUT2D eigenvalue weighted by molar-refractivity contribution is 9.08. The smallest absolute Gasteiger partial charge is 0.269 e.